The number of piperazine rings is 1. The van der Waals surface area contributed by atoms with Crippen LogP contribution in [0.3, 0.4) is 0 Å². The summed E-state index contributed by atoms with van der Waals surface area (Å²) in [6, 6.07) is 1.26. The molecule has 2 fully saturated rings. The molecule has 2 aliphatic rings. The van der Waals surface area contributed by atoms with Gasteiger partial charge in [0.05, 0.1) is 6.10 Å². The average molecular weight is 198 g/mol. The third-order valence-electron chi connectivity index (χ3n) is 3.63. The van der Waals surface area contributed by atoms with Crippen LogP contribution in [0.2, 0.25) is 0 Å². The SMILES string of the molecule is CC1NCCN(CC2CCCO2)C1C. The predicted octanol–water partition coefficient (Wildman–Crippen LogP) is 0.848. The molecule has 1 N–H and O–H groups in total. The molecule has 3 unspecified atom stereocenters. The van der Waals surface area contributed by atoms with Gasteiger partial charge in [-0.25, -0.2) is 0 Å². The summed E-state index contributed by atoms with van der Waals surface area (Å²) < 4.78 is 5.68. The normalized spacial score (nSPS) is 40.3. The molecule has 0 radical (unpaired) electrons. The van der Waals surface area contributed by atoms with E-state index >= 15 is 0 Å². The van der Waals surface area contributed by atoms with Crippen LogP contribution in [0.4, 0.5) is 0 Å². The van der Waals surface area contributed by atoms with Crippen LogP contribution in [0.1, 0.15) is 26.7 Å². The summed E-state index contributed by atoms with van der Waals surface area (Å²) in [6.07, 6.45) is 3.01. The van der Waals surface area contributed by atoms with Gasteiger partial charge < -0.3 is 10.1 Å². The zero-order valence-electron chi connectivity index (χ0n) is 9.33. The maximum Gasteiger partial charge on any atom is 0.0702 e. The predicted molar refractivity (Wildman–Crippen MR) is 57.5 cm³/mol. The smallest absolute Gasteiger partial charge is 0.0702 e. The number of hydrogen-bond donors (Lipinski definition) is 1. The first-order valence-electron chi connectivity index (χ1n) is 5.86. The Labute approximate surface area is 86.8 Å². The molecule has 0 saturated carbocycles. The second-order valence-corrected chi connectivity index (χ2v) is 4.61. The molecule has 3 atom stereocenters. The standard InChI is InChI=1S/C11H22N2O/c1-9-10(2)13(6-5-12-9)8-11-4-3-7-14-11/h9-12H,3-8H2,1-2H3. The van der Waals surface area contributed by atoms with E-state index in [-0.39, 0.29) is 0 Å². The molecule has 2 aliphatic heterocycles. The van der Waals surface area contributed by atoms with Gasteiger partial charge in [-0.05, 0) is 26.7 Å². The number of rotatable bonds is 2. The van der Waals surface area contributed by atoms with Gasteiger partial charge in [-0.15, -0.1) is 0 Å². The molecule has 0 aromatic rings. The van der Waals surface area contributed by atoms with E-state index in [2.05, 4.69) is 24.1 Å². The Bertz CT molecular complexity index is 180. The van der Waals surface area contributed by atoms with Crippen molar-refractivity contribution in [3.63, 3.8) is 0 Å². The highest BCUT2D eigenvalue weighted by Crippen LogP contribution is 2.16. The van der Waals surface area contributed by atoms with E-state index in [0.29, 0.717) is 18.2 Å². The zero-order valence-corrected chi connectivity index (χ0v) is 9.33. The number of hydrogen-bond acceptors (Lipinski definition) is 3. The van der Waals surface area contributed by atoms with Crippen molar-refractivity contribution in [3.8, 4) is 0 Å². The summed E-state index contributed by atoms with van der Waals surface area (Å²) in [5, 5.41) is 3.50. The van der Waals surface area contributed by atoms with Crippen molar-refractivity contribution in [2.75, 3.05) is 26.2 Å². The van der Waals surface area contributed by atoms with Crippen molar-refractivity contribution in [2.24, 2.45) is 0 Å². The third kappa shape index (κ3) is 2.27. The molecule has 3 nitrogen and oxygen atoms in total. The molecule has 0 amide bonds. The average Bonchev–Trinajstić information content (AvgIpc) is 2.66. The van der Waals surface area contributed by atoms with Crippen LogP contribution in [0.25, 0.3) is 0 Å². The summed E-state index contributed by atoms with van der Waals surface area (Å²) in [6.45, 7) is 8.98. The van der Waals surface area contributed by atoms with Crippen LogP contribution in [0, 0.1) is 0 Å². The zero-order chi connectivity index (χ0) is 9.97. The topological polar surface area (TPSA) is 24.5 Å². The van der Waals surface area contributed by atoms with E-state index in [4.69, 9.17) is 4.74 Å². The quantitative estimate of drug-likeness (QED) is 0.712. The van der Waals surface area contributed by atoms with Crippen molar-refractivity contribution in [2.45, 2.75) is 44.9 Å². The largest absolute Gasteiger partial charge is 0.377 e. The lowest BCUT2D eigenvalue weighted by Gasteiger charge is -2.39. The molecule has 2 heterocycles. The van der Waals surface area contributed by atoms with Crippen LogP contribution in [0.15, 0.2) is 0 Å². The Morgan fingerprint density at radius 3 is 3.00 bits per heavy atom. The van der Waals surface area contributed by atoms with Crippen molar-refractivity contribution >= 4 is 0 Å². The number of nitrogens with zero attached hydrogens (tertiary/aromatic N) is 1. The molecule has 3 heteroatoms. The van der Waals surface area contributed by atoms with Gasteiger partial charge in [0.25, 0.3) is 0 Å². The van der Waals surface area contributed by atoms with Crippen LogP contribution in [-0.4, -0.2) is 49.3 Å². The minimum atomic E-state index is 0.503. The van der Waals surface area contributed by atoms with Crippen molar-refractivity contribution in [3.05, 3.63) is 0 Å². The monoisotopic (exact) mass is 198 g/mol. The van der Waals surface area contributed by atoms with Gasteiger partial charge >= 0.3 is 0 Å². The molecule has 0 aromatic carbocycles. The molecule has 14 heavy (non-hydrogen) atoms. The van der Waals surface area contributed by atoms with Gasteiger partial charge in [0.2, 0.25) is 0 Å². The highest BCUT2D eigenvalue weighted by atomic mass is 16.5. The molecule has 2 rings (SSSR count). The third-order valence-corrected chi connectivity index (χ3v) is 3.63. The fourth-order valence-corrected chi connectivity index (χ4v) is 2.43. The molecular weight excluding hydrogens is 176 g/mol. The van der Waals surface area contributed by atoms with Crippen LogP contribution < -0.4 is 5.32 Å². The maximum atomic E-state index is 5.68. The Morgan fingerprint density at radius 2 is 2.29 bits per heavy atom. The fourth-order valence-electron chi connectivity index (χ4n) is 2.43. The van der Waals surface area contributed by atoms with Crippen LogP contribution in [0.5, 0.6) is 0 Å². The molecule has 0 spiro atoms. The Hall–Kier alpha value is -0.120. The first-order chi connectivity index (χ1) is 6.77. The van der Waals surface area contributed by atoms with Gasteiger partial charge in [0.15, 0.2) is 0 Å². The number of nitrogens with one attached hydrogen (secondary N) is 1. The molecular formula is C11H22N2O. The second kappa shape index (κ2) is 4.60. The Balaban J connectivity index is 1.83. The minimum absolute atomic E-state index is 0.503. The summed E-state index contributed by atoms with van der Waals surface area (Å²) >= 11 is 0. The first-order valence-corrected chi connectivity index (χ1v) is 5.86. The Morgan fingerprint density at radius 1 is 1.43 bits per heavy atom. The first kappa shape index (κ1) is 10.4. The van der Waals surface area contributed by atoms with Gasteiger partial charge in [-0.2, -0.15) is 0 Å². The van der Waals surface area contributed by atoms with Crippen molar-refractivity contribution in [1.29, 1.82) is 0 Å². The molecule has 0 aromatic heterocycles. The van der Waals surface area contributed by atoms with E-state index < -0.39 is 0 Å². The highest BCUT2D eigenvalue weighted by Gasteiger charge is 2.27. The second-order valence-electron chi connectivity index (χ2n) is 4.61. The lowest BCUT2D eigenvalue weighted by molar-refractivity contribution is 0.0428. The summed E-state index contributed by atoms with van der Waals surface area (Å²) in [5.74, 6) is 0. The minimum Gasteiger partial charge on any atom is -0.377 e. The van der Waals surface area contributed by atoms with E-state index in [9.17, 15) is 0 Å². The summed E-state index contributed by atoms with van der Waals surface area (Å²) in [5.41, 5.74) is 0. The van der Waals surface area contributed by atoms with E-state index in [1.807, 2.05) is 0 Å². The van der Waals surface area contributed by atoms with Crippen molar-refractivity contribution < 1.29 is 4.74 Å². The summed E-state index contributed by atoms with van der Waals surface area (Å²) in [4.78, 5) is 2.57. The molecule has 0 bridgehead atoms. The Kier molecular flexibility index (Phi) is 3.42. The van der Waals surface area contributed by atoms with Crippen molar-refractivity contribution in [1.82, 2.24) is 10.2 Å². The van der Waals surface area contributed by atoms with Gasteiger partial charge in [-0.3, -0.25) is 4.90 Å². The molecule has 0 aliphatic carbocycles. The van der Waals surface area contributed by atoms with E-state index in [0.717, 1.165) is 19.7 Å². The molecule has 2 saturated heterocycles. The van der Waals surface area contributed by atoms with E-state index in [1.54, 1.807) is 0 Å². The van der Waals surface area contributed by atoms with E-state index in [1.165, 1.54) is 19.4 Å². The molecule has 82 valence electrons. The maximum absolute atomic E-state index is 5.68. The van der Waals surface area contributed by atoms with Gasteiger partial charge in [-0.1, -0.05) is 0 Å². The highest BCUT2D eigenvalue weighted by molar-refractivity contribution is 4.85. The van der Waals surface area contributed by atoms with Crippen LogP contribution in [-0.2, 0) is 4.74 Å². The fraction of sp³-hybridized carbons (Fsp3) is 1.00. The lowest BCUT2D eigenvalue weighted by atomic mass is 10.1. The number of ether oxygens (including phenoxy) is 1. The van der Waals surface area contributed by atoms with Crippen LogP contribution >= 0.6 is 0 Å². The lowest BCUT2D eigenvalue weighted by Crippen LogP contribution is -2.56. The summed E-state index contributed by atoms with van der Waals surface area (Å²) in [7, 11) is 0. The van der Waals surface area contributed by atoms with Gasteiger partial charge in [0, 0.05) is 38.3 Å². The van der Waals surface area contributed by atoms with Gasteiger partial charge in [0.1, 0.15) is 0 Å².